The first-order valence-electron chi connectivity index (χ1n) is 10.5. The van der Waals surface area contributed by atoms with Gasteiger partial charge in [-0.15, -0.1) is 0 Å². The quantitative estimate of drug-likeness (QED) is 0.503. The van der Waals surface area contributed by atoms with Crippen molar-refractivity contribution in [1.29, 1.82) is 0 Å². The average molecular weight is 423 g/mol. The molecule has 158 valence electrons. The Morgan fingerprint density at radius 2 is 1.70 bits per heavy atom. The van der Waals surface area contributed by atoms with Gasteiger partial charge >= 0.3 is 0 Å². The van der Waals surface area contributed by atoms with E-state index < -0.39 is 0 Å². The number of hydrogen-bond donors (Lipinski definition) is 1. The van der Waals surface area contributed by atoms with Crippen molar-refractivity contribution in [1.82, 2.24) is 9.36 Å². The van der Waals surface area contributed by atoms with Crippen LogP contribution in [0.5, 0.6) is 0 Å². The predicted octanol–water partition coefficient (Wildman–Crippen LogP) is 5.38. The van der Waals surface area contributed by atoms with Crippen molar-refractivity contribution in [2.24, 2.45) is 0 Å². The Hall–Kier alpha value is -2.73. The zero-order valence-corrected chi connectivity index (χ0v) is 19.0. The lowest BCUT2D eigenvalue weighted by Gasteiger charge is -2.27. The highest BCUT2D eigenvalue weighted by molar-refractivity contribution is 7.09. The Morgan fingerprint density at radius 1 is 1.07 bits per heavy atom. The molecule has 5 nitrogen and oxygen atoms in total. The van der Waals surface area contributed by atoms with Crippen molar-refractivity contribution in [3.05, 3.63) is 71.0 Å². The molecule has 30 heavy (non-hydrogen) atoms. The van der Waals surface area contributed by atoms with Crippen LogP contribution >= 0.6 is 11.5 Å². The third-order valence-electron chi connectivity index (χ3n) is 5.22. The van der Waals surface area contributed by atoms with Crippen LogP contribution in [0.1, 0.15) is 49.2 Å². The average Bonchev–Trinajstić information content (AvgIpc) is 3.19. The highest BCUT2D eigenvalue weighted by Gasteiger charge is 2.19. The summed E-state index contributed by atoms with van der Waals surface area (Å²) in [6.45, 7) is 9.05. The van der Waals surface area contributed by atoms with E-state index in [-0.39, 0.29) is 11.9 Å². The summed E-state index contributed by atoms with van der Waals surface area (Å²) >= 11 is 1.41. The largest absolute Gasteiger partial charge is 0.344 e. The minimum atomic E-state index is 0.0107. The van der Waals surface area contributed by atoms with E-state index in [4.69, 9.17) is 4.98 Å². The molecule has 1 heterocycles. The van der Waals surface area contributed by atoms with Gasteiger partial charge in [-0.1, -0.05) is 54.4 Å². The summed E-state index contributed by atoms with van der Waals surface area (Å²) < 4.78 is 4.56. The molecule has 1 N–H and O–H groups in total. The van der Waals surface area contributed by atoms with Crippen molar-refractivity contribution in [2.75, 3.05) is 16.8 Å². The van der Waals surface area contributed by atoms with Gasteiger partial charge in [-0.25, -0.2) is 4.98 Å². The molecule has 0 spiro atoms. The first kappa shape index (κ1) is 22.0. The van der Waals surface area contributed by atoms with Gasteiger partial charge in [-0.2, -0.15) is 4.37 Å². The number of amides is 1. The molecule has 3 rings (SSSR count). The summed E-state index contributed by atoms with van der Waals surface area (Å²) in [5, 5.41) is 3.86. The second kappa shape index (κ2) is 10.3. The summed E-state index contributed by atoms with van der Waals surface area (Å²) in [6, 6.07) is 16.6. The number of benzene rings is 2. The van der Waals surface area contributed by atoms with E-state index in [1.54, 1.807) is 0 Å². The molecule has 1 amide bonds. The monoisotopic (exact) mass is 422 g/mol. The van der Waals surface area contributed by atoms with Crippen molar-refractivity contribution in [3.8, 4) is 0 Å². The van der Waals surface area contributed by atoms with Crippen LogP contribution in [0.3, 0.4) is 0 Å². The molecule has 0 aliphatic heterocycles. The first-order chi connectivity index (χ1) is 14.4. The molecule has 2 aromatic carbocycles. The highest BCUT2D eigenvalue weighted by atomic mass is 32.1. The van der Waals surface area contributed by atoms with Crippen LogP contribution in [0.2, 0.25) is 0 Å². The van der Waals surface area contributed by atoms with Gasteiger partial charge in [0.1, 0.15) is 5.82 Å². The number of hydrogen-bond acceptors (Lipinski definition) is 5. The standard InChI is InChI=1S/C24H30N4OS/c1-5-19(4)28(15-14-23(29)25-21-12-8-18(3)9-13-21)24-26-22(27-30-24)16-20-10-6-17(2)7-11-20/h6-13,19H,5,14-16H2,1-4H3,(H,25,29). The van der Waals surface area contributed by atoms with Crippen LogP contribution in [0.4, 0.5) is 10.8 Å². The third-order valence-corrected chi connectivity index (χ3v) is 6.02. The Bertz CT molecular complexity index is 950. The Morgan fingerprint density at radius 3 is 2.33 bits per heavy atom. The molecular weight excluding hydrogens is 392 g/mol. The molecule has 0 bridgehead atoms. The van der Waals surface area contributed by atoms with E-state index in [9.17, 15) is 4.79 Å². The van der Waals surface area contributed by atoms with Crippen molar-refractivity contribution in [3.63, 3.8) is 0 Å². The number of carbonyl (C=O) groups excluding carboxylic acids is 1. The van der Waals surface area contributed by atoms with Crippen LogP contribution in [-0.2, 0) is 11.2 Å². The van der Waals surface area contributed by atoms with Gasteiger partial charge in [-0.05, 0) is 44.9 Å². The molecule has 1 aromatic heterocycles. The van der Waals surface area contributed by atoms with Gasteiger partial charge in [0, 0.05) is 42.6 Å². The molecule has 3 aromatic rings. The van der Waals surface area contributed by atoms with Crippen LogP contribution in [0.25, 0.3) is 0 Å². The van der Waals surface area contributed by atoms with E-state index in [0.29, 0.717) is 13.0 Å². The molecule has 0 aliphatic rings. The first-order valence-corrected chi connectivity index (χ1v) is 11.2. The SMILES string of the molecule is CCC(C)N(CCC(=O)Nc1ccc(C)cc1)c1nc(Cc2ccc(C)cc2)ns1. The molecule has 1 atom stereocenters. The van der Waals surface area contributed by atoms with Gasteiger partial charge in [-0.3, -0.25) is 4.79 Å². The summed E-state index contributed by atoms with van der Waals surface area (Å²) in [6.07, 6.45) is 2.11. The van der Waals surface area contributed by atoms with E-state index in [0.717, 1.165) is 29.5 Å². The lowest BCUT2D eigenvalue weighted by molar-refractivity contribution is -0.116. The molecule has 0 radical (unpaired) electrons. The molecule has 0 saturated heterocycles. The number of rotatable bonds is 9. The zero-order valence-electron chi connectivity index (χ0n) is 18.2. The minimum Gasteiger partial charge on any atom is -0.344 e. The van der Waals surface area contributed by atoms with Gasteiger partial charge < -0.3 is 10.2 Å². The van der Waals surface area contributed by atoms with Crippen LogP contribution in [-0.4, -0.2) is 27.9 Å². The van der Waals surface area contributed by atoms with Gasteiger partial charge in [0.05, 0.1) is 0 Å². The molecule has 0 aliphatic carbocycles. The van der Waals surface area contributed by atoms with Crippen molar-refractivity contribution < 1.29 is 4.79 Å². The molecular formula is C24H30N4OS. The Balaban J connectivity index is 1.62. The highest BCUT2D eigenvalue weighted by Crippen LogP contribution is 2.23. The number of aromatic nitrogens is 2. The van der Waals surface area contributed by atoms with Crippen molar-refractivity contribution >= 4 is 28.3 Å². The van der Waals surface area contributed by atoms with Crippen LogP contribution in [0.15, 0.2) is 48.5 Å². The minimum absolute atomic E-state index is 0.0107. The smallest absolute Gasteiger partial charge is 0.226 e. The van der Waals surface area contributed by atoms with Crippen LogP contribution < -0.4 is 10.2 Å². The maximum atomic E-state index is 12.4. The summed E-state index contributed by atoms with van der Waals surface area (Å²) in [5.41, 5.74) is 4.46. The molecule has 6 heteroatoms. The second-order valence-corrected chi connectivity index (χ2v) is 8.50. The fraction of sp³-hybridized carbons (Fsp3) is 0.375. The van der Waals surface area contributed by atoms with Gasteiger partial charge in [0.15, 0.2) is 0 Å². The predicted molar refractivity (Wildman–Crippen MR) is 125 cm³/mol. The normalized spacial score (nSPS) is 11.9. The Kier molecular flexibility index (Phi) is 7.57. The zero-order chi connectivity index (χ0) is 21.5. The lowest BCUT2D eigenvalue weighted by atomic mass is 10.1. The van der Waals surface area contributed by atoms with Gasteiger partial charge in [0.25, 0.3) is 0 Å². The topological polar surface area (TPSA) is 58.1 Å². The van der Waals surface area contributed by atoms with E-state index in [1.165, 1.54) is 28.2 Å². The lowest BCUT2D eigenvalue weighted by Crippen LogP contribution is -2.35. The fourth-order valence-corrected chi connectivity index (χ4v) is 3.94. The van der Waals surface area contributed by atoms with Gasteiger partial charge in [0.2, 0.25) is 11.0 Å². The summed E-state index contributed by atoms with van der Waals surface area (Å²) in [5.74, 6) is 0.841. The molecule has 0 fully saturated rings. The maximum Gasteiger partial charge on any atom is 0.226 e. The van der Waals surface area contributed by atoms with E-state index >= 15 is 0 Å². The van der Waals surface area contributed by atoms with Crippen molar-refractivity contribution in [2.45, 2.75) is 53.0 Å². The number of nitrogens with zero attached hydrogens (tertiary/aromatic N) is 3. The summed E-state index contributed by atoms with van der Waals surface area (Å²) in [4.78, 5) is 19.4. The van der Waals surface area contributed by atoms with Crippen LogP contribution in [0, 0.1) is 13.8 Å². The fourth-order valence-electron chi connectivity index (χ4n) is 3.13. The maximum absolute atomic E-state index is 12.4. The number of anilines is 2. The van der Waals surface area contributed by atoms with E-state index in [2.05, 4.69) is 59.6 Å². The van der Waals surface area contributed by atoms with E-state index in [1.807, 2.05) is 31.2 Å². The summed E-state index contributed by atoms with van der Waals surface area (Å²) in [7, 11) is 0. The Labute approximate surface area is 183 Å². The number of aryl methyl sites for hydroxylation is 2. The second-order valence-electron chi connectivity index (χ2n) is 7.77. The number of carbonyl (C=O) groups is 1. The number of nitrogens with one attached hydrogen (secondary N) is 1. The third kappa shape index (κ3) is 6.13. The molecule has 0 saturated carbocycles. The molecule has 1 unspecified atom stereocenters.